The quantitative estimate of drug-likeness (QED) is 0.231. The molecule has 6 aliphatic rings. The number of hydrogen-bond acceptors (Lipinski definition) is 6. The zero-order valence-corrected chi connectivity index (χ0v) is 20.9. The molecule has 0 amide bonds. The molecule has 0 saturated carbocycles. The van der Waals surface area contributed by atoms with Crippen molar-refractivity contribution in [2.45, 2.75) is 112 Å². The molecule has 6 fully saturated rings. The van der Waals surface area contributed by atoms with Crippen LogP contribution in [0, 0.1) is 0 Å². The van der Waals surface area contributed by atoms with Crippen molar-refractivity contribution in [2.24, 2.45) is 0 Å². The Morgan fingerprint density at radius 3 is 2.74 bits per heavy atom. The monoisotopic (exact) mass is 566 g/mol. The van der Waals surface area contributed by atoms with E-state index in [1.54, 1.807) is 6.08 Å². The van der Waals surface area contributed by atoms with Crippen LogP contribution in [0.15, 0.2) is 22.8 Å². The lowest BCUT2D eigenvalue weighted by molar-refractivity contribution is -0.304. The molecule has 0 spiro atoms. The Hall–Kier alpha value is 0.260. The Kier molecular flexibility index (Phi) is 6.54. The van der Waals surface area contributed by atoms with Gasteiger partial charge in [-0.3, -0.25) is 0 Å². The molecule has 31 heavy (non-hydrogen) atoms. The van der Waals surface area contributed by atoms with Gasteiger partial charge >= 0.3 is 0 Å². The maximum Gasteiger partial charge on any atom is 0.203 e. The molecule has 6 saturated heterocycles. The summed E-state index contributed by atoms with van der Waals surface area (Å²) in [5.41, 5.74) is 0. The van der Waals surface area contributed by atoms with E-state index in [0.717, 1.165) is 35.7 Å². The molecule has 3 unspecified atom stereocenters. The van der Waals surface area contributed by atoms with E-state index >= 15 is 0 Å². The van der Waals surface area contributed by atoms with Crippen molar-refractivity contribution in [2.75, 3.05) is 6.61 Å². The third kappa shape index (κ3) is 4.05. The van der Waals surface area contributed by atoms with Gasteiger partial charge in [-0.1, -0.05) is 19.6 Å². The number of allylic oxidation sites excluding steroid dienone is 1. The van der Waals surface area contributed by atoms with Crippen molar-refractivity contribution in [3.63, 3.8) is 0 Å². The van der Waals surface area contributed by atoms with Gasteiger partial charge in [0.1, 0.15) is 30.5 Å². The van der Waals surface area contributed by atoms with Crippen LogP contribution in [0.2, 0.25) is 0 Å². The van der Waals surface area contributed by atoms with Crippen LogP contribution in [-0.2, 0) is 28.4 Å². The lowest BCUT2D eigenvalue weighted by Crippen LogP contribution is -2.61. The molecule has 0 aromatic rings. The highest BCUT2D eigenvalue weighted by Gasteiger charge is 2.75. The number of alkyl halides is 1. The van der Waals surface area contributed by atoms with E-state index in [9.17, 15) is 0 Å². The van der Waals surface area contributed by atoms with Crippen LogP contribution in [0.4, 0.5) is 0 Å². The van der Waals surface area contributed by atoms with Crippen molar-refractivity contribution >= 4 is 34.2 Å². The first kappa shape index (κ1) is 23.0. The summed E-state index contributed by atoms with van der Waals surface area (Å²) in [6, 6.07) is 0. The SMILES string of the molecule is C=CCO[C@@]12C[C@]3(CC[C@@H](Cl)CC(=C)I)OC4[C@H](O1)C(O[C@H]1CC[C@H](CC)O[C@H]41)C2O3. The fourth-order valence-electron chi connectivity index (χ4n) is 5.90. The van der Waals surface area contributed by atoms with Gasteiger partial charge in [0.2, 0.25) is 5.79 Å². The first-order valence-corrected chi connectivity index (χ1v) is 13.0. The smallest absolute Gasteiger partial charge is 0.203 e. The van der Waals surface area contributed by atoms with E-state index in [0.29, 0.717) is 19.4 Å². The highest BCUT2D eigenvalue weighted by molar-refractivity contribution is 14.1. The molecule has 0 N–H and O–H groups in total. The second kappa shape index (κ2) is 8.80. The summed E-state index contributed by atoms with van der Waals surface area (Å²) in [7, 11) is 0. The average Bonchev–Trinajstić information content (AvgIpc) is 3.10. The highest BCUT2D eigenvalue weighted by atomic mass is 127. The van der Waals surface area contributed by atoms with Gasteiger partial charge in [-0.15, -0.1) is 18.2 Å². The number of rotatable bonds is 9. The first-order chi connectivity index (χ1) is 14.9. The zero-order valence-electron chi connectivity index (χ0n) is 18.0. The standard InChI is InChI=1S/C23H32ClIO6/c1-4-10-26-23-12-22(9-8-14(24)11-13(3)25)29-18-17-16(7-6-15(5-2)27-17)28-20(19(18)30-23)21(23)31-22/h4,14-21H,1,3,5-12H2,2H3/t14-,15+,16+,17+,18?,19+,20?,21?,22-,23+/m1/s1. The molecule has 6 aliphatic heterocycles. The van der Waals surface area contributed by atoms with E-state index in [1.165, 1.54) is 0 Å². The van der Waals surface area contributed by atoms with Crippen LogP contribution in [-0.4, -0.2) is 66.3 Å². The summed E-state index contributed by atoms with van der Waals surface area (Å²) in [5.74, 6) is -1.70. The van der Waals surface area contributed by atoms with E-state index in [-0.39, 0.29) is 48.1 Å². The zero-order chi connectivity index (χ0) is 21.8. The molecule has 0 aromatic heterocycles. The van der Waals surface area contributed by atoms with Crippen LogP contribution in [0.25, 0.3) is 0 Å². The molecule has 0 radical (unpaired) electrons. The molecular formula is C23H32ClIO6. The van der Waals surface area contributed by atoms with Gasteiger partial charge in [0.05, 0.1) is 25.2 Å². The van der Waals surface area contributed by atoms with Gasteiger partial charge in [-0.2, -0.15) is 0 Å². The minimum Gasteiger partial charge on any atom is -0.369 e. The number of hydrogen-bond donors (Lipinski definition) is 0. The minimum absolute atomic E-state index is 0.00373. The average molecular weight is 567 g/mol. The molecule has 8 heteroatoms. The van der Waals surface area contributed by atoms with Crippen molar-refractivity contribution in [3.05, 3.63) is 22.8 Å². The van der Waals surface area contributed by atoms with Crippen molar-refractivity contribution < 1.29 is 28.4 Å². The molecule has 6 nitrogen and oxygen atoms in total. The Morgan fingerprint density at radius 2 is 2.00 bits per heavy atom. The third-order valence-electron chi connectivity index (χ3n) is 7.25. The van der Waals surface area contributed by atoms with Crippen LogP contribution in [0.1, 0.15) is 51.9 Å². The summed E-state index contributed by atoms with van der Waals surface area (Å²) in [4.78, 5) is 0. The van der Waals surface area contributed by atoms with Crippen molar-refractivity contribution in [1.29, 1.82) is 0 Å². The van der Waals surface area contributed by atoms with Gasteiger partial charge in [-0.05, 0) is 58.3 Å². The molecule has 0 aromatic carbocycles. The van der Waals surface area contributed by atoms with Gasteiger partial charge in [0.15, 0.2) is 5.79 Å². The predicted molar refractivity (Wildman–Crippen MR) is 124 cm³/mol. The number of ether oxygens (including phenoxy) is 6. The number of fused-ring (bicyclic) bond motifs is 1. The van der Waals surface area contributed by atoms with Crippen LogP contribution in [0.5, 0.6) is 0 Å². The minimum atomic E-state index is -0.884. The van der Waals surface area contributed by atoms with Gasteiger partial charge in [0.25, 0.3) is 0 Å². The maximum absolute atomic E-state index is 6.80. The van der Waals surface area contributed by atoms with Gasteiger partial charge in [-0.25, -0.2) is 0 Å². The lowest BCUT2D eigenvalue weighted by atomic mass is 9.86. The van der Waals surface area contributed by atoms with E-state index in [2.05, 4.69) is 42.7 Å². The second-order valence-electron chi connectivity index (χ2n) is 9.41. The largest absolute Gasteiger partial charge is 0.369 e. The van der Waals surface area contributed by atoms with E-state index in [1.807, 2.05) is 0 Å². The Bertz CT molecular complexity index is 722. The van der Waals surface area contributed by atoms with Crippen molar-refractivity contribution in [3.8, 4) is 0 Å². The predicted octanol–water partition coefficient (Wildman–Crippen LogP) is 4.62. The summed E-state index contributed by atoms with van der Waals surface area (Å²) < 4.78 is 40.3. The Labute approximate surface area is 203 Å². The highest BCUT2D eigenvalue weighted by Crippen LogP contribution is 2.59. The summed E-state index contributed by atoms with van der Waals surface area (Å²) in [6.45, 7) is 10.3. The first-order valence-electron chi connectivity index (χ1n) is 11.5. The number of halogens is 2. The van der Waals surface area contributed by atoms with E-state index < -0.39 is 11.6 Å². The summed E-state index contributed by atoms with van der Waals surface area (Å²) in [6.07, 6.45) is 6.37. The molecule has 0 aliphatic carbocycles. The van der Waals surface area contributed by atoms with E-state index in [4.69, 9.17) is 40.0 Å². The normalized spacial score (nSPS) is 48.3. The van der Waals surface area contributed by atoms with Crippen LogP contribution in [0.3, 0.4) is 0 Å². The molecule has 6 bridgehead atoms. The fraction of sp³-hybridized carbons (Fsp3) is 0.826. The molecule has 10 atom stereocenters. The fourth-order valence-corrected chi connectivity index (χ4v) is 6.98. The topological polar surface area (TPSA) is 55.4 Å². The van der Waals surface area contributed by atoms with Crippen LogP contribution >= 0.6 is 34.2 Å². The molecule has 6 rings (SSSR count). The van der Waals surface area contributed by atoms with Gasteiger partial charge < -0.3 is 28.4 Å². The lowest BCUT2D eigenvalue weighted by Gasteiger charge is -2.47. The van der Waals surface area contributed by atoms with Crippen molar-refractivity contribution in [1.82, 2.24) is 0 Å². The maximum atomic E-state index is 6.80. The molecule has 6 heterocycles. The molecule has 174 valence electrons. The van der Waals surface area contributed by atoms with Crippen LogP contribution < -0.4 is 0 Å². The Balaban J connectivity index is 1.43. The summed E-state index contributed by atoms with van der Waals surface area (Å²) >= 11 is 8.82. The Morgan fingerprint density at radius 1 is 1.19 bits per heavy atom. The van der Waals surface area contributed by atoms with Gasteiger partial charge in [0, 0.05) is 11.8 Å². The third-order valence-corrected chi connectivity index (χ3v) is 8.06. The summed E-state index contributed by atoms with van der Waals surface area (Å²) in [5, 5.41) is -0.0204. The second-order valence-corrected chi connectivity index (χ2v) is 11.5. The molecular weight excluding hydrogens is 535 g/mol.